The van der Waals surface area contributed by atoms with Crippen LogP contribution in [0, 0.1) is 0 Å². The highest BCUT2D eigenvalue weighted by atomic mass is 15.0. The molecule has 0 fully saturated rings. The molecule has 0 atom stereocenters. The Morgan fingerprint density at radius 2 is 0.707 bits per heavy atom. The molecular formula is C50H30N8. The molecule has 6 heterocycles. The van der Waals surface area contributed by atoms with Crippen LogP contribution in [0.25, 0.3) is 111 Å². The molecule has 11 aromatic rings. The Balaban J connectivity index is 1.05. The second-order valence-electron chi connectivity index (χ2n) is 14.0. The van der Waals surface area contributed by atoms with E-state index in [1.807, 2.05) is 60.7 Å². The van der Waals surface area contributed by atoms with Gasteiger partial charge in [-0.25, -0.2) is 19.9 Å². The van der Waals surface area contributed by atoms with E-state index in [0.717, 1.165) is 67.0 Å². The summed E-state index contributed by atoms with van der Waals surface area (Å²) < 4.78 is 0. The van der Waals surface area contributed by atoms with Crippen molar-refractivity contribution in [3.05, 3.63) is 183 Å². The van der Waals surface area contributed by atoms with Crippen molar-refractivity contribution in [3.8, 4) is 68.2 Å². The molecule has 8 heteroatoms. The van der Waals surface area contributed by atoms with Crippen molar-refractivity contribution in [2.24, 2.45) is 0 Å². The maximum Gasteiger partial charge on any atom is 0.165 e. The van der Waals surface area contributed by atoms with Crippen molar-refractivity contribution in [3.63, 3.8) is 0 Å². The minimum atomic E-state index is 0.499. The summed E-state index contributed by atoms with van der Waals surface area (Å²) in [6.45, 7) is 0. The molecule has 0 unspecified atom stereocenters. The molecule has 0 radical (unpaired) electrons. The molecule has 0 amide bonds. The summed E-state index contributed by atoms with van der Waals surface area (Å²) in [4.78, 5) is 38.7. The first kappa shape index (κ1) is 33.3. The topological polar surface area (TPSA) is 103 Å². The number of pyridine rings is 5. The van der Waals surface area contributed by atoms with E-state index in [2.05, 4.69) is 107 Å². The minimum absolute atomic E-state index is 0.499. The van der Waals surface area contributed by atoms with Gasteiger partial charge in [0, 0.05) is 63.2 Å². The summed E-state index contributed by atoms with van der Waals surface area (Å²) in [7, 11) is 0. The van der Waals surface area contributed by atoms with Crippen molar-refractivity contribution >= 4 is 43.2 Å². The first-order chi connectivity index (χ1) is 28.7. The summed E-state index contributed by atoms with van der Waals surface area (Å²) in [5.74, 6) is 1.53. The van der Waals surface area contributed by atoms with Crippen LogP contribution in [0.4, 0.5) is 0 Å². The molecule has 0 saturated heterocycles. The lowest BCUT2D eigenvalue weighted by Gasteiger charge is -2.16. The van der Waals surface area contributed by atoms with Crippen molar-refractivity contribution in [1.29, 1.82) is 0 Å². The molecule has 0 bridgehead atoms. The van der Waals surface area contributed by atoms with Gasteiger partial charge in [0.05, 0.1) is 34.0 Å². The number of benzene rings is 5. The number of fused-ring (bicyclic) bond motifs is 8. The number of nitrogens with zero attached hydrogens (tertiary/aromatic N) is 8. The van der Waals surface area contributed by atoms with Gasteiger partial charge >= 0.3 is 0 Å². The second-order valence-corrected chi connectivity index (χ2v) is 14.0. The van der Waals surface area contributed by atoms with Gasteiger partial charge in [-0.2, -0.15) is 0 Å². The minimum Gasteiger partial charge on any atom is -0.255 e. The Morgan fingerprint density at radius 1 is 0.276 bits per heavy atom. The van der Waals surface area contributed by atoms with Gasteiger partial charge in [-0.15, -0.1) is 0 Å². The average molecular weight is 743 g/mol. The summed E-state index contributed by atoms with van der Waals surface area (Å²) in [5, 5.41) is 8.29. The first-order valence-electron chi connectivity index (χ1n) is 19.0. The van der Waals surface area contributed by atoms with Gasteiger partial charge < -0.3 is 0 Å². The SMILES string of the molecule is c1ccc(-c2ccc(-c3nc(-c4ccc(-c5nc6ccccc6c6c7ccccc7c7ccccc7c56)cc4)nc(-c4ccc(-c5ccccn5)nc4)n3)cn2)nc1. The normalized spacial score (nSPS) is 11.4. The number of hydrogen-bond donors (Lipinski definition) is 0. The van der Waals surface area contributed by atoms with Crippen LogP contribution >= 0.6 is 0 Å². The smallest absolute Gasteiger partial charge is 0.165 e. The highest BCUT2D eigenvalue weighted by molar-refractivity contribution is 6.33. The Bertz CT molecular complexity index is 3200. The van der Waals surface area contributed by atoms with Gasteiger partial charge in [0.15, 0.2) is 17.5 Å². The van der Waals surface area contributed by atoms with E-state index >= 15 is 0 Å². The maximum absolute atomic E-state index is 5.33. The van der Waals surface area contributed by atoms with Gasteiger partial charge in [-0.3, -0.25) is 19.9 Å². The molecule has 0 aliphatic rings. The monoisotopic (exact) mass is 742 g/mol. The molecule has 11 rings (SSSR count). The third-order valence-corrected chi connectivity index (χ3v) is 10.5. The highest BCUT2D eigenvalue weighted by Gasteiger charge is 2.19. The van der Waals surface area contributed by atoms with Crippen molar-refractivity contribution in [2.45, 2.75) is 0 Å². The van der Waals surface area contributed by atoms with E-state index in [1.165, 1.54) is 26.9 Å². The van der Waals surface area contributed by atoms with Crippen LogP contribution in [0.5, 0.6) is 0 Å². The van der Waals surface area contributed by atoms with Crippen molar-refractivity contribution in [2.75, 3.05) is 0 Å². The van der Waals surface area contributed by atoms with Crippen LogP contribution in [-0.4, -0.2) is 39.9 Å². The lowest BCUT2D eigenvalue weighted by molar-refractivity contribution is 1.07. The van der Waals surface area contributed by atoms with Crippen LogP contribution in [0.3, 0.4) is 0 Å². The first-order valence-corrected chi connectivity index (χ1v) is 19.0. The number of aromatic nitrogens is 8. The molecule has 270 valence electrons. The van der Waals surface area contributed by atoms with Crippen LogP contribution in [0.15, 0.2) is 183 Å². The zero-order chi connectivity index (χ0) is 38.4. The largest absolute Gasteiger partial charge is 0.255 e. The summed E-state index contributed by atoms with van der Waals surface area (Å²) in [6, 6.07) is 53.4. The zero-order valence-electron chi connectivity index (χ0n) is 30.9. The summed E-state index contributed by atoms with van der Waals surface area (Å²) >= 11 is 0. The Labute approximate surface area is 332 Å². The van der Waals surface area contributed by atoms with Gasteiger partial charge in [0.1, 0.15) is 0 Å². The van der Waals surface area contributed by atoms with E-state index in [-0.39, 0.29) is 0 Å². The fourth-order valence-electron chi connectivity index (χ4n) is 7.76. The lowest BCUT2D eigenvalue weighted by atomic mass is 9.90. The molecule has 0 aliphatic heterocycles. The Kier molecular flexibility index (Phi) is 7.96. The van der Waals surface area contributed by atoms with Crippen LogP contribution in [0.1, 0.15) is 0 Å². The van der Waals surface area contributed by atoms with E-state index in [1.54, 1.807) is 24.8 Å². The van der Waals surface area contributed by atoms with Crippen LogP contribution < -0.4 is 0 Å². The van der Waals surface area contributed by atoms with Gasteiger partial charge in [0.25, 0.3) is 0 Å². The molecule has 6 aromatic heterocycles. The number of rotatable bonds is 6. The van der Waals surface area contributed by atoms with Gasteiger partial charge in [0.2, 0.25) is 0 Å². The molecule has 8 nitrogen and oxygen atoms in total. The Morgan fingerprint density at radius 3 is 1.22 bits per heavy atom. The maximum atomic E-state index is 5.33. The molecule has 58 heavy (non-hydrogen) atoms. The zero-order valence-corrected chi connectivity index (χ0v) is 30.9. The Hall–Kier alpha value is -8.10. The van der Waals surface area contributed by atoms with Crippen molar-refractivity contribution in [1.82, 2.24) is 39.9 Å². The lowest BCUT2D eigenvalue weighted by Crippen LogP contribution is -2.01. The van der Waals surface area contributed by atoms with Gasteiger partial charge in [-0.05, 0) is 76.1 Å². The quantitative estimate of drug-likeness (QED) is 0.155. The van der Waals surface area contributed by atoms with Crippen molar-refractivity contribution < 1.29 is 0 Å². The van der Waals surface area contributed by atoms with Crippen LogP contribution in [-0.2, 0) is 0 Å². The predicted octanol–water partition coefficient (Wildman–Crippen LogP) is 11.5. The second kappa shape index (κ2) is 13.9. The molecular weight excluding hydrogens is 713 g/mol. The summed E-state index contributed by atoms with van der Waals surface area (Å²) in [6.07, 6.45) is 7.08. The van der Waals surface area contributed by atoms with E-state index < -0.39 is 0 Å². The average Bonchev–Trinajstić information content (AvgIpc) is 3.32. The molecule has 0 aliphatic carbocycles. The third-order valence-electron chi connectivity index (χ3n) is 10.5. The van der Waals surface area contributed by atoms with Gasteiger partial charge in [-0.1, -0.05) is 103 Å². The van der Waals surface area contributed by atoms with Crippen LogP contribution in [0.2, 0.25) is 0 Å². The highest BCUT2D eigenvalue weighted by Crippen LogP contribution is 2.43. The molecule has 5 aromatic carbocycles. The molecule has 0 N–H and O–H groups in total. The number of para-hydroxylation sites is 1. The standard InChI is InChI=1S/C50H30N8/c1-3-13-37-35(11-1)36-12-2-4-14-38(36)46-45(37)39-15-5-6-16-40(39)55-47(46)31-19-21-32(22-20-31)48-56-49(33-23-25-43(53-29-33)41-17-7-9-27-51-41)58-50(57-48)34-24-26-44(54-30-34)42-18-8-10-28-52-42/h1-30H. The fourth-order valence-corrected chi connectivity index (χ4v) is 7.76. The predicted molar refractivity (Wildman–Crippen MR) is 231 cm³/mol. The molecule has 0 saturated carbocycles. The number of hydrogen-bond acceptors (Lipinski definition) is 8. The fraction of sp³-hybridized carbons (Fsp3) is 0. The third kappa shape index (κ3) is 5.79. The van der Waals surface area contributed by atoms with E-state index in [4.69, 9.17) is 29.9 Å². The van der Waals surface area contributed by atoms with E-state index in [0.29, 0.717) is 17.5 Å². The molecule has 0 spiro atoms. The van der Waals surface area contributed by atoms with E-state index in [9.17, 15) is 0 Å². The summed E-state index contributed by atoms with van der Waals surface area (Å²) in [5.41, 5.74) is 8.33.